The van der Waals surface area contributed by atoms with E-state index >= 15 is 0 Å². The van der Waals surface area contributed by atoms with Gasteiger partial charge in [-0.3, -0.25) is 9.88 Å². The van der Waals surface area contributed by atoms with Crippen molar-refractivity contribution >= 4 is 0 Å². The molecule has 0 radical (unpaired) electrons. The molecule has 3 rings (SSSR count). The summed E-state index contributed by atoms with van der Waals surface area (Å²) >= 11 is 0. The summed E-state index contributed by atoms with van der Waals surface area (Å²) in [6.07, 6.45) is 6.06. The number of hydrogen-bond acceptors (Lipinski definition) is 3. The van der Waals surface area contributed by atoms with Gasteiger partial charge in [0, 0.05) is 18.4 Å². The molecule has 1 aromatic heterocycles. The first-order valence-corrected chi connectivity index (χ1v) is 7.21. The van der Waals surface area contributed by atoms with Crippen molar-refractivity contribution in [3.63, 3.8) is 0 Å². The lowest BCUT2D eigenvalue weighted by atomic mass is 10.0. The number of pyridine rings is 1. The van der Waals surface area contributed by atoms with Gasteiger partial charge in [0.1, 0.15) is 0 Å². The normalized spacial score (nSPS) is 20.9. The summed E-state index contributed by atoms with van der Waals surface area (Å²) in [5, 5.41) is 9.85. The Morgan fingerprint density at radius 2 is 2.05 bits per heavy atom. The Labute approximate surface area is 119 Å². The van der Waals surface area contributed by atoms with Gasteiger partial charge in [-0.2, -0.15) is 0 Å². The SMILES string of the molecule is OC[C@H](c1ccccc1)N1CCC[C@@H]1c1cccnc1. The van der Waals surface area contributed by atoms with E-state index in [9.17, 15) is 5.11 Å². The van der Waals surface area contributed by atoms with Gasteiger partial charge in [-0.1, -0.05) is 36.4 Å². The van der Waals surface area contributed by atoms with E-state index in [2.05, 4.69) is 28.1 Å². The van der Waals surface area contributed by atoms with Gasteiger partial charge in [-0.05, 0) is 36.6 Å². The number of rotatable bonds is 4. The maximum absolute atomic E-state index is 9.85. The predicted molar refractivity (Wildman–Crippen MR) is 79.2 cm³/mol. The van der Waals surface area contributed by atoms with Crippen LogP contribution in [0.5, 0.6) is 0 Å². The van der Waals surface area contributed by atoms with Gasteiger partial charge in [0.05, 0.1) is 12.6 Å². The highest BCUT2D eigenvalue weighted by molar-refractivity contribution is 5.22. The van der Waals surface area contributed by atoms with E-state index in [-0.39, 0.29) is 12.6 Å². The Balaban J connectivity index is 1.87. The molecule has 20 heavy (non-hydrogen) atoms. The lowest BCUT2D eigenvalue weighted by Gasteiger charge is -2.32. The summed E-state index contributed by atoms with van der Waals surface area (Å²) in [6, 6.07) is 14.8. The van der Waals surface area contributed by atoms with Crippen molar-refractivity contribution in [3.8, 4) is 0 Å². The molecule has 104 valence electrons. The van der Waals surface area contributed by atoms with Crippen molar-refractivity contribution in [2.24, 2.45) is 0 Å². The second-order valence-electron chi connectivity index (χ2n) is 5.29. The molecule has 0 bridgehead atoms. The zero-order chi connectivity index (χ0) is 13.8. The van der Waals surface area contributed by atoms with Crippen LogP contribution in [0.4, 0.5) is 0 Å². The molecule has 2 atom stereocenters. The monoisotopic (exact) mass is 268 g/mol. The highest BCUT2D eigenvalue weighted by Crippen LogP contribution is 2.38. The number of aliphatic hydroxyl groups excluding tert-OH is 1. The van der Waals surface area contributed by atoms with Gasteiger partial charge < -0.3 is 5.11 Å². The average molecular weight is 268 g/mol. The van der Waals surface area contributed by atoms with Crippen molar-refractivity contribution < 1.29 is 5.11 Å². The van der Waals surface area contributed by atoms with Crippen molar-refractivity contribution in [1.82, 2.24) is 9.88 Å². The van der Waals surface area contributed by atoms with Crippen molar-refractivity contribution in [2.45, 2.75) is 24.9 Å². The van der Waals surface area contributed by atoms with E-state index in [0.717, 1.165) is 13.0 Å². The Morgan fingerprint density at radius 1 is 1.20 bits per heavy atom. The molecular weight excluding hydrogens is 248 g/mol. The molecule has 0 saturated carbocycles. The summed E-state index contributed by atoms with van der Waals surface area (Å²) < 4.78 is 0. The van der Waals surface area contributed by atoms with Crippen LogP contribution in [0, 0.1) is 0 Å². The molecule has 2 heterocycles. The third-order valence-corrected chi connectivity index (χ3v) is 4.12. The molecule has 1 saturated heterocycles. The fourth-order valence-electron chi connectivity index (χ4n) is 3.17. The Morgan fingerprint density at radius 3 is 2.75 bits per heavy atom. The molecule has 3 heteroatoms. The lowest BCUT2D eigenvalue weighted by molar-refractivity contribution is 0.112. The first-order valence-electron chi connectivity index (χ1n) is 7.21. The molecule has 0 aliphatic carbocycles. The second kappa shape index (κ2) is 6.16. The Kier molecular flexibility index (Phi) is 4.09. The highest BCUT2D eigenvalue weighted by Gasteiger charge is 2.32. The first-order chi connectivity index (χ1) is 9.90. The molecule has 1 aliphatic rings. The highest BCUT2D eigenvalue weighted by atomic mass is 16.3. The average Bonchev–Trinajstić information content (AvgIpc) is 2.99. The van der Waals surface area contributed by atoms with Crippen LogP contribution in [0.1, 0.15) is 36.1 Å². The third kappa shape index (κ3) is 2.60. The number of nitrogens with zero attached hydrogens (tertiary/aromatic N) is 2. The molecule has 1 fully saturated rings. The van der Waals surface area contributed by atoms with Gasteiger partial charge >= 0.3 is 0 Å². The van der Waals surface area contributed by atoms with Crippen LogP contribution in [-0.4, -0.2) is 28.1 Å². The molecule has 3 nitrogen and oxygen atoms in total. The van der Waals surface area contributed by atoms with Crippen molar-refractivity contribution in [1.29, 1.82) is 0 Å². The summed E-state index contributed by atoms with van der Waals surface area (Å²) in [5.41, 5.74) is 2.44. The third-order valence-electron chi connectivity index (χ3n) is 4.12. The minimum absolute atomic E-state index is 0.0731. The van der Waals surface area contributed by atoms with Crippen LogP contribution >= 0.6 is 0 Å². The van der Waals surface area contributed by atoms with E-state index in [4.69, 9.17) is 0 Å². The molecule has 2 aromatic rings. The zero-order valence-corrected chi connectivity index (χ0v) is 11.5. The minimum Gasteiger partial charge on any atom is -0.394 e. The van der Waals surface area contributed by atoms with Crippen LogP contribution in [0.3, 0.4) is 0 Å². The summed E-state index contributed by atoms with van der Waals surface area (Å²) in [4.78, 5) is 6.64. The molecule has 0 amide bonds. The second-order valence-corrected chi connectivity index (χ2v) is 5.29. The van der Waals surface area contributed by atoms with E-state index in [1.54, 1.807) is 0 Å². The summed E-state index contributed by atoms with van der Waals surface area (Å²) in [5.74, 6) is 0. The van der Waals surface area contributed by atoms with E-state index in [1.807, 2.05) is 36.7 Å². The number of likely N-dealkylation sites (tertiary alicyclic amines) is 1. The number of hydrogen-bond donors (Lipinski definition) is 1. The molecule has 0 unspecified atom stereocenters. The number of benzene rings is 1. The lowest BCUT2D eigenvalue weighted by Crippen LogP contribution is -2.30. The largest absolute Gasteiger partial charge is 0.394 e. The number of aromatic nitrogens is 1. The topological polar surface area (TPSA) is 36.4 Å². The van der Waals surface area contributed by atoms with Gasteiger partial charge in [0.25, 0.3) is 0 Å². The maximum atomic E-state index is 9.85. The zero-order valence-electron chi connectivity index (χ0n) is 11.5. The molecule has 1 N–H and O–H groups in total. The molecule has 1 aliphatic heterocycles. The van der Waals surface area contributed by atoms with Crippen LogP contribution in [0.25, 0.3) is 0 Å². The van der Waals surface area contributed by atoms with E-state index in [1.165, 1.54) is 17.5 Å². The molecule has 0 spiro atoms. The minimum atomic E-state index is 0.0731. The maximum Gasteiger partial charge on any atom is 0.0628 e. The summed E-state index contributed by atoms with van der Waals surface area (Å²) in [7, 11) is 0. The van der Waals surface area contributed by atoms with Crippen LogP contribution in [0.15, 0.2) is 54.9 Å². The fourth-order valence-corrected chi connectivity index (χ4v) is 3.17. The molecular formula is C17H20N2O. The number of aliphatic hydroxyl groups is 1. The van der Waals surface area contributed by atoms with Gasteiger partial charge in [0.15, 0.2) is 0 Å². The van der Waals surface area contributed by atoms with Crippen LogP contribution in [-0.2, 0) is 0 Å². The Bertz CT molecular complexity index is 529. The predicted octanol–water partition coefficient (Wildman–Crippen LogP) is 2.95. The molecule has 1 aromatic carbocycles. The smallest absolute Gasteiger partial charge is 0.0628 e. The Hall–Kier alpha value is -1.71. The van der Waals surface area contributed by atoms with Crippen LogP contribution in [0.2, 0.25) is 0 Å². The fraction of sp³-hybridized carbons (Fsp3) is 0.353. The van der Waals surface area contributed by atoms with Crippen molar-refractivity contribution in [2.75, 3.05) is 13.2 Å². The summed E-state index contributed by atoms with van der Waals surface area (Å²) in [6.45, 7) is 1.18. The van der Waals surface area contributed by atoms with Gasteiger partial charge in [-0.25, -0.2) is 0 Å². The quantitative estimate of drug-likeness (QED) is 0.926. The van der Waals surface area contributed by atoms with Crippen molar-refractivity contribution in [3.05, 3.63) is 66.0 Å². The van der Waals surface area contributed by atoms with Gasteiger partial charge in [-0.15, -0.1) is 0 Å². The van der Waals surface area contributed by atoms with E-state index in [0.29, 0.717) is 6.04 Å². The standard InChI is InChI=1S/C17H20N2O/c20-13-17(14-6-2-1-3-7-14)19-11-5-9-16(19)15-8-4-10-18-12-15/h1-4,6-8,10,12,16-17,20H,5,9,11,13H2/t16-,17-/m1/s1. The first kappa shape index (κ1) is 13.3. The van der Waals surface area contributed by atoms with E-state index < -0.39 is 0 Å². The van der Waals surface area contributed by atoms with Crippen LogP contribution < -0.4 is 0 Å². The van der Waals surface area contributed by atoms with Gasteiger partial charge in [0.2, 0.25) is 0 Å².